The van der Waals surface area contributed by atoms with Crippen molar-refractivity contribution in [3.63, 3.8) is 0 Å². The number of alkyl halides is 1. The molecule has 1 saturated heterocycles. The van der Waals surface area contributed by atoms with Gasteiger partial charge in [-0.2, -0.15) is 0 Å². The molecule has 1 fully saturated rings. The molecule has 0 N–H and O–H groups in total. The minimum atomic E-state index is 0.409. The van der Waals surface area contributed by atoms with Gasteiger partial charge in [-0.25, -0.2) is 0 Å². The van der Waals surface area contributed by atoms with Crippen molar-refractivity contribution in [1.29, 1.82) is 0 Å². The summed E-state index contributed by atoms with van der Waals surface area (Å²) < 4.78 is 5.64. The molecule has 0 saturated carbocycles. The van der Waals surface area contributed by atoms with Crippen molar-refractivity contribution in [1.82, 2.24) is 0 Å². The zero-order chi connectivity index (χ0) is 12.8. The van der Waals surface area contributed by atoms with E-state index in [4.69, 9.17) is 27.9 Å². The molecular weight excluding hydrogens is 267 g/mol. The molecule has 0 bridgehead atoms. The molecule has 0 radical (unpaired) electrons. The largest absolute Gasteiger partial charge is 0.378 e. The van der Waals surface area contributed by atoms with E-state index in [0.717, 1.165) is 24.5 Å². The molecule has 2 unspecified atom stereocenters. The van der Waals surface area contributed by atoms with Gasteiger partial charge in [-0.15, -0.1) is 11.6 Å². The molecule has 3 heteroatoms. The minimum absolute atomic E-state index is 0.409. The van der Waals surface area contributed by atoms with Crippen LogP contribution in [0.25, 0.3) is 0 Å². The highest BCUT2D eigenvalue weighted by Gasteiger charge is 2.16. The molecule has 0 aliphatic carbocycles. The summed E-state index contributed by atoms with van der Waals surface area (Å²) in [5.41, 5.74) is 1.25. The molecule has 0 spiro atoms. The summed E-state index contributed by atoms with van der Waals surface area (Å²) in [5.74, 6) is 1.07. The summed E-state index contributed by atoms with van der Waals surface area (Å²) in [6.07, 6.45) is 6.38. The van der Waals surface area contributed by atoms with Crippen LogP contribution in [0.4, 0.5) is 0 Å². The Hall–Kier alpha value is -0.240. The smallest absolute Gasteiger partial charge is 0.0576 e. The van der Waals surface area contributed by atoms with Gasteiger partial charge in [0.15, 0.2) is 0 Å². The summed E-state index contributed by atoms with van der Waals surface area (Å²) in [4.78, 5) is 0. The number of hydrogen-bond acceptors (Lipinski definition) is 1. The Bertz CT molecular complexity index is 361. The third-order valence-corrected chi connectivity index (χ3v) is 4.22. The standard InChI is InChI=1S/C15H20Cl2O/c16-11-13(12-4-1-6-14(17)10-12)5-2-7-15-8-3-9-18-15/h1,4,6,10,13,15H,2-3,5,7-9,11H2. The monoisotopic (exact) mass is 286 g/mol. The summed E-state index contributed by atoms with van der Waals surface area (Å²) in [7, 11) is 0. The molecule has 0 aromatic heterocycles. The fourth-order valence-corrected chi connectivity index (χ4v) is 3.09. The van der Waals surface area contributed by atoms with Gasteiger partial charge in [0.05, 0.1) is 6.10 Å². The number of rotatable bonds is 6. The van der Waals surface area contributed by atoms with Crippen molar-refractivity contribution >= 4 is 23.2 Å². The average Bonchev–Trinajstić information content (AvgIpc) is 2.88. The highest BCUT2D eigenvalue weighted by Crippen LogP contribution is 2.27. The van der Waals surface area contributed by atoms with E-state index in [0.29, 0.717) is 17.9 Å². The normalized spacial score (nSPS) is 21.1. The van der Waals surface area contributed by atoms with Crippen molar-refractivity contribution in [3.05, 3.63) is 34.9 Å². The fraction of sp³-hybridized carbons (Fsp3) is 0.600. The molecular formula is C15H20Cl2O. The van der Waals surface area contributed by atoms with Gasteiger partial charge in [-0.1, -0.05) is 30.2 Å². The zero-order valence-corrected chi connectivity index (χ0v) is 12.1. The molecule has 1 aliphatic rings. The lowest BCUT2D eigenvalue weighted by atomic mass is 9.94. The van der Waals surface area contributed by atoms with E-state index in [9.17, 15) is 0 Å². The van der Waals surface area contributed by atoms with Gasteiger partial charge in [0.25, 0.3) is 0 Å². The summed E-state index contributed by atoms with van der Waals surface area (Å²) in [6.45, 7) is 0.942. The molecule has 1 aromatic carbocycles. The number of halogens is 2. The molecule has 2 rings (SSSR count). The van der Waals surface area contributed by atoms with Crippen LogP contribution in [-0.4, -0.2) is 18.6 Å². The Balaban J connectivity index is 1.81. The van der Waals surface area contributed by atoms with Crippen molar-refractivity contribution in [2.75, 3.05) is 12.5 Å². The van der Waals surface area contributed by atoms with Crippen LogP contribution >= 0.6 is 23.2 Å². The average molecular weight is 287 g/mol. The predicted octanol–water partition coefficient (Wildman–Crippen LogP) is 5.01. The van der Waals surface area contributed by atoms with Crippen LogP contribution in [0.2, 0.25) is 5.02 Å². The Labute approximate surface area is 119 Å². The molecule has 1 nitrogen and oxygen atoms in total. The second-order valence-electron chi connectivity index (χ2n) is 4.97. The maximum absolute atomic E-state index is 6.08. The maximum atomic E-state index is 6.08. The minimum Gasteiger partial charge on any atom is -0.378 e. The van der Waals surface area contributed by atoms with E-state index in [1.165, 1.54) is 24.8 Å². The quantitative estimate of drug-likeness (QED) is 0.668. The molecule has 1 heterocycles. The first-order valence-electron chi connectivity index (χ1n) is 6.72. The van der Waals surface area contributed by atoms with Crippen LogP contribution in [0.15, 0.2) is 24.3 Å². The second kappa shape index (κ2) is 7.37. The van der Waals surface area contributed by atoms with E-state index in [1.807, 2.05) is 18.2 Å². The van der Waals surface area contributed by atoms with Crippen LogP contribution < -0.4 is 0 Å². The van der Waals surface area contributed by atoms with Crippen molar-refractivity contribution in [2.45, 2.75) is 44.1 Å². The van der Waals surface area contributed by atoms with E-state index in [-0.39, 0.29) is 0 Å². The molecule has 1 aliphatic heterocycles. The number of benzene rings is 1. The van der Waals surface area contributed by atoms with Gasteiger partial charge in [-0.3, -0.25) is 0 Å². The Kier molecular flexibility index (Phi) is 5.81. The first kappa shape index (κ1) is 14.2. The molecule has 18 heavy (non-hydrogen) atoms. The van der Waals surface area contributed by atoms with Crippen LogP contribution in [0, 0.1) is 0 Å². The zero-order valence-electron chi connectivity index (χ0n) is 10.6. The Morgan fingerprint density at radius 1 is 1.39 bits per heavy atom. The van der Waals surface area contributed by atoms with Crippen LogP contribution in [-0.2, 0) is 4.74 Å². The van der Waals surface area contributed by atoms with E-state index in [1.54, 1.807) is 0 Å². The summed E-state index contributed by atoms with van der Waals surface area (Å²) in [5, 5.41) is 0.793. The summed E-state index contributed by atoms with van der Waals surface area (Å²) in [6, 6.07) is 8.05. The Morgan fingerprint density at radius 2 is 2.28 bits per heavy atom. The van der Waals surface area contributed by atoms with Crippen molar-refractivity contribution in [3.8, 4) is 0 Å². The van der Waals surface area contributed by atoms with Crippen molar-refractivity contribution < 1.29 is 4.74 Å². The first-order valence-corrected chi connectivity index (χ1v) is 7.64. The Morgan fingerprint density at radius 3 is 2.94 bits per heavy atom. The number of hydrogen-bond donors (Lipinski definition) is 0. The van der Waals surface area contributed by atoms with Gasteiger partial charge in [0, 0.05) is 17.5 Å². The lowest BCUT2D eigenvalue weighted by Gasteiger charge is -2.16. The molecule has 100 valence electrons. The van der Waals surface area contributed by atoms with Crippen LogP contribution in [0.5, 0.6) is 0 Å². The molecule has 1 aromatic rings. The van der Waals surface area contributed by atoms with Gasteiger partial charge in [0.1, 0.15) is 0 Å². The third-order valence-electron chi connectivity index (χ3n) is 3.61. The third kappa shape index (κ3) is 4.15. The van der Waals surface area contributed by atoms with Gasteiger partial charge in [0.2, 0.25) is 0 Å². The van der Waals surface area contributed by atoms with E-state index >= 15 is 0 Å². The lowest BCUT2D eigenvalue weighted by molar-refractivity contribution is 0.102. The maximum Gasteiger partial charge on any atom is 0.0576 e. The molecule has 0 amide bonds. The lowest BCUT2D eigenvalue weighted by Crippen LogP contribution is -2.07. The second-order valence-corrected chi connectivity index (χ2v) is 5.72. The SMILES string of the molecule is ClCC(CCCC1CCCO1)c1cccc(Cl)c1. The fourth-order valence-electron chi connectivity index (χ4n) is 2.56. The predicted molar refractivity (Wildman–Crippen MR) is 77.7 cm³/mol. The van der Waals surface area contributed by atoms with E-state index in [2.05, 4.69) is 6.07 Å². The van der Waals surface area contributed by atoms with Gasteiger partial charge < -0.3 is 4.74 Å². The van der Waals surface area contributed by atoms with Crippen molar-refractivity contribution in [2.24, 2.45) is 0 Å². The topological polar surface area (TPSA) is 9.23 Å². The van der Waals surface area contributed by atoms with Crippen LogP contribution in [0.1, 0.15) is 43.6 Å². The van der Waals surface area contributed by atoms with Crippen LogP contribution in [0.3, 0.4) is 0 Å². The number of ether oxygens (including phenoxy) is 1. The first-order chi connectivity index (χ1) is 8.79. The summed E-state index contributed by atoms with van der Waals surface area (Å²) >= 11 is 12.1. The molecule has 2 atom stereocenters. The van der Waals surface area contributed by atoms with Gasteiger partial charge >= 0.3 is 0 Å². The van der Waals surface area contributed by atoms with E-state index < -0.39 is 0 Å². The highest BCUT2D eigenvalue weighted by molar-refractivity contribution is 6.30. The van der Waals surface area contributed by atoms with Gasteiger partial charge in [-0.05, 0) is 49.3 Å². The highest BCUT2D eigenvalue weighted by atomic mass is 35.5.